The van der Waals surface area contributed by atoms with E-state index in [2.05, 4.69) is 12.2 Å². The first-order chi connectivity index (χ1) is 7.53. The maximum absolute atomic E-state index is 10.0. The molecule has 3 atom stereocenters. The van der Waals surface area contributed by atoms with Crippen molar-refractivity contribution in [2.75, 3.05) is 25.1 Å². The first-order valence-electron chi connectivity index (χ1n) is 6.45. The van der Waals surface area contributed by atoms with Crippen molar-refractivity contribution in [1.29, 1.82) is 0 Å². The van der Waals surface area contributed by atoms with Gasteiger partial charge in [-0.2, -0.15) is 11.8 Å². The predicted molar refractivity (Wildman–Crippen MR) is 73.0 cm³/mol. The maximum atomic E-state index is 10.0. The molecular weight excluding hydrogens is 218 g/mol. The van der Waals surface area contributed by atoms with Crippen LogP contribution in [0.5, 0.6) is 0 Å². The van der Waals surface area contributed by atoms with Gasteiger partial charge in [-0.3, -0.25) is 0 Å². The fraction of sp³-hybridized carbons (Fsp3) is 1.00. The van der Waals surface area contributed by atoms with Crippen LogP contribution in [0.1, 0.15) is 39.5 Å². The lowest BCUT2D eigenvalue weighted by Gasteiger charge is -2.29. The molecule has 1 aliphatic carbocycles. The van der Waals surface area contributed by atoms with Crippen LogP contribution in [0.15, 0.2) is 0 Å². The van der Waals surface area contributed by atoms with Crippen LogP contribution in [0, 0.1) is 11.8 Å². The molecule has 16 heavy (non-hydrogen) atoms. The highest BCUT2D eigenvalue weighted by molar-refractivity contribution is 7.98. The van der Waals surface area contributed by atoms with Crippen molar-refractivity contribution >= 4 is 11.8 Å². The predicted octanol–water partition coefficient (Wildman–Crippen LogP) is 2.52. The summed E-state index contributed by atoms with van der Waals surface area (Å²) in [5.74, 6) is 2.53. The zero-order chi connectivity index (χ0) is 12.0. The number of aliphatic hydroxyl groups is 1. The molecule has 1 saturated carbocycles. The number of nitrogens with one attached hydrogen (secondary N) is 1. The van der Waals surface area contributed by atoms with Crippen molar-refractivity contribution in [3.05, 3.63) is 0 Å². The summed E-state index contributed by atoms with van der Waals surface area (Å²) in [6.07, 6.45) is 7.55. The van der Waals surface area contributed by atoms with E-state index in [4.69, 9.17) is 0 Å². The van der Waals surface area contributed by atoms with Gasteiger partial charge in [0.2, 0.25) is 0 Å². The molecule has 2 nitrogen and oxygen atoms in total. The Labute approximate surface area is 105 Å². The van der Waals surface area contributed by atoms with Crippen molar-refractivity contribution < 1.29 is 5.11 Å². The second-order valence-corrected chi connectivity index (χ2v) is 6.56. The molecule has 0 aromatic rings. The summed E-state index contributed by atoms with van der Waals surface area (Å²) in [6, 6.07) is 0. The largest absolute Gasteiger partial charge is 0.388 e. The van der Waals surface area contributed by atoms with Gasteiger partial charge in [0.1, 0.15) is 0 Å². The first-order valence-corrected chi connectivity index (χ1v) is 7.85. The number of thioether (sulfide) groups is 1. The van der Waals surface area contributed by atoms with Gasteiger partial charge in [-0.1, -0.05) is 19.8 Å². The van der Waals surface area contributed by atoms with Gasteiger partial charge in [0.25, 0.3) is 0 Å². The highest BCUT2D eigenvalue weighted by Gasteiger charge is 2.22. The van der Waals surface area contributed by atoms with Crippen LogP contribution >= 0.6 is 11.8 Å². The van der Waals surface area contributed by atoms with Gasteiger partial charge >= 0.3 is 0 Å². The Morgan fingerprint density at radius 3 is 2.81 bits per heavy atom. The van der Waals surface area contributed by atoms with Crippen LogP contribution in [-0.2, 0) is 0 Å². The number of rotatable bonds is 6. The molecule has 0 spiro atoms. The standard InChI is InChI=1S/C13H27NOS/c1-11-5-4-6-12(7-11)8-14-9-13(2,15)10-16-3/h11-12,14-15H,4-10H2,1-3H3. The normalized spacial score (nSPS) is 30.0. The van der Waals surface area contributed by atoms with Crippen molar-refractivity contribution in [2.45, 2.75) is 45.1 Å². The Hall–Kier alpha value is 0.270. The van der Waals surface area contributed by atoms with Crippen LogP contribution in [0.2, 0.25) is 0 Å². The molecule has 0 aromatic carbocycles. The van der Waals surface area contributed by atoms with Crippen molar-refractivity contribution in [1.82, 2.24) is 5.32 Å². The van der Waals surface area contributed by atoms with Gasteiger partial charge in [0.15, 0.2) is 0 Å². The van der Waals surface area contributed by atoms with Gasteiger partial charge in [-0.05, 0) is 44.4 Å². The minimum absolute atomic E-state index is 0.556. The van der Waals surface area contributed by atoms with Crippen LogP contribution in [0.25, 0.3) is 0 Å². The Kier molecular flexibility index (Phi) is 6.16. The second kappa shape index (κ2) is 6.87. The maximum Gasteiger partial charge on any atom is 0.0833 e. The summed E-state index contributed by atoms with van der Waals surface area (Å²) in [4.78, 5) is 0. The minimum Gasteiger partial charge on any atom is -0.388 e. The van der Waals surface area contributed by atoms with Crippen molar-refractivity contribution in [3.63, 3.8) is 0 Å². The second-order valence-electron chi connectivity index (χ2n) is 5.70. The molecule has 0 aromatic heterocycles. The van der Waals surface area contributed by atoms with Gasteiger partial charge in [-0.15, -0.1) is 0 Å². The van der Waals surface area contributed by atoms with Gasteiger partial charge in [0.05, 0.1) is 5.60 Å². The lowest BCUT2D eigenvalue weighted by atomic mass is 9.82. The third-order valence-corrected chi connectivity index (χ3v) is 4.35. The highest BCUT2D eigenvalue weighted by Crippen LogP contribution is 2.27. The fourth-order valence-electron chi connectivity index (χ4n) is 2.65. The van der Waals surface area contributed by atoms with E-state index in [0.717, 1.165) is 30.7 Å². The summed E-state index contributed by atoms with van der Waals surface area (Å²) in [7, 11) is 0. The molecule has 0 amide bonds. The summed E-state index contributed by atoms with van der Waals surface area (Å²) >= 11 is 1.70. The first kappa shape index (κ1) is 14.3. The molecule has 96 valence electrons. The van der Waals surface area contributed by atoms with E-state index in [1.54, 1.807) is 11.8 Å². The molecule has 0 radical (unpaired) electrons. The van der Waals surface area contributed by atoms with E-state index in [9.17, 15) is 5.11 Å². The highest BCUT2D eigenvalue weighted by atomic mass is 32.2. The molecule has 0 bridgehead atoms. The van der Waals surface area contributed by atoms with E-state index >= 15 is 0 Å². The van der Waals surface area contributed by atoms with Crippen LogP contribution in [0.4, 0.5) is 0 Å². The smallest absolute Gasteiger partial charge is 0.0833 e. The third kappa shape index (κ3) is 5.55. The number of hydrogen-bond acceptors (Lipinski definition) is 3. The SMILES string of the molecule is CSCC(C)(O)CNCC1CCCC(C)C1. The summed E-state index contributed by atoms with van der Waals surface area (Å²) in [5.41, 5.74) is -0.556. The Balaban J connectivity index is 2.14. The lowest BCUT2D eigenvalue weighted by molar-refractivity contribution is 0.0826. The molecule has 0 heterocycles. The molecule has 1 rings (SSSR count). The molecule has 1 aliphatic rings. The van der Waals surface area contributed by atoms with Crippen molar-refractivity contribution in [3.8, 4) is 0 Å². The molecule has 1 fully saturated rings. The average molecular weight is 245 g/mol. The summed E-state index contributed by atoms with van der Waals surface area (Å²) in [5, 5.41) is 13.4. The van der Waals surface area contributed by atoms with Gasteiger partial charge in [-0.25, -0.2) is 0 Å². The van der Waals surface area contributed by atoms with Crippen molar-refractivity contribution in [2.24, 2.45) is 11.8 Å². The summed E-state index contributed by atoms with van der Waals surface area (Å²) in [6.45, 7) is 6.07. The Bertz CT molecular complexity index is 196. The van der Waals surface area contributed by atoms with E-state index in [1.165, 1.54) is 25.7 Å². The van der Waals surface area contributed by atoms with Crippen LogP contribution in [-0.4, -0.2) is 35.8 Å². The molecular formula is C13H27NOS. The van der Waals surface area contributed by atoms with E-state index in [1.807, 2.05) is 13.2 Å². The molecule has 0 saturated heterocycles. The van der Waals surface area contributed by atoms with E-state index < -0.39 is 5.60 Å². The quantitative estimate of drug-likeness (QED) is 0.754. The Morgan fingerprint density at radius 1 is 1.44 bits per heavy atom. The van der Waals surface area contributed by atoms with E-state index in [0.29, 0.717) is 0 Å². The average Bonchev–Trinajstić information content (AvgIpc) is 2.17. The van der Waals surface area contributed by atoms with Crippen LogP contribution in [0.3, 0.4) is 0 Å². The fourth-order valence-corrected chi connectivity index (χ4v) is 3.38. The summed E-state index contributed by atoms with van der Waals surface area (Å²) < 4.78 is 0. The molecule has 0 aliphatic heterocycles. The molecule has 2 N–H and O–H groups in total. The third-order valence-electron chi connectivity index (χ3n) is 3.44. The zero-order valence-corrected chi connectivity index (χ0v) is 11.8. The van der Waals surface area contributed by atoms with Gasteiger partial charge in [0, 0.05) is 12.3 Å². The lowest BCUT2D eigenvalue weighted by Crippen LogP contribution is -2.42. The van der Waals surface area contributed by atoms with Crippen LogP contribution < -0.4 is 5.32 Å². The minimum atomic E-state index is -0.556. The zero-order valence-electron chi connectivity index (χ0n) is 11.0. The van der Waals surface area contributed by atoms with Gasteiger partial charge < -0.3 is 10.4 Å². The Morgan fingerprint density at radius 2 is 2.19 bits per heavy atom. The molecule has 3 heteroatoms. The number of hydrogen-bond donors (Lipinski definition) is 2. The molecule has 3 unspecified atom stereocenters. The monoisotopic (exact) mass is 245 g/mol. The topological polar surface area (TPSA) is 32.3 Å². The van der Waals surface area contributed by atoms with E-state index in [-0.39, 0.29) is 0 Å².